The van der Waals surface area contributed by atoms with E-state index < -0.39 is 6.16 Å². The molecule has 0 heterocycles. The van der Waals surface area contributed by atoms with Crippen molar-refractivity contribution in [1.82, 2.24) is 0 Å². The maximum absolute atomic E-state index is 10.3. The standard InChI is InChI=1S/C14H20O3/c1-10-6-5-9-14(3,4)12(10)8-7-11(2)17-13(15)16/h6-8,12H,2,5,9H2,1,3-4H3,(H,15,16)/b8-7+/t12-/m1/s1. The third-order valence-corrected chi connectivity index (χ3v) is 3.28. The van der Waals surface area contributed by atoms with Gasteiger partial charge in [0.2, 0.25) is 0 Å². The van der Waals surface area contributed by atoms with Gasteiger partial charge in [-0.05, 0) is 31.3 Å². The van der Waals surface area contributed by atoms with Gasteiger partial charge in [0.15, 0.2) is 0 Å². The second-order valence-corrected chi connectivity index (χ2v) is 5.15. The van der Waals surface area contributed by atoms with E-state index in [0.29, 0.717) is 5.92 Å². The van der Waals surface area contributed by atoms with Gasteiger partial charge in [-0.2, -0.15) is 0 Å². The van der Waals surface area contributed by atoms with Crippen LogP contribution in [-0.4, -0.2) is 11.3 Å². The fourth-order valence-corrected chi connectivity index (χ4v) is 2.33. The van der Waals surface area contributed by atoms with Crippen molar-refractivity contribution in [1.29, 1.82) is 0 Å². The smallest absolute Gasteiger partial charge is 0.449 e. The van der Waals surface area contributed by atoms with Crippen molar-refractivity contribution in [2.24, 2.45) is 11.3 Å². The molecule has 17 heavy (non-hydrogen) atoms. The van der Waals surface area contributed by atoms with Crippen molar-refractivity contribution >= 4 is 6.16 Å². The first-order chi connectivity index (χ1) is 7.83. The molecule has 0 saturated heterocycles. The zero-order chi connectivity index (χ0) is 13.1. The van der Waals surface area contributed by atoms with Crippen LogP contribution in [0.15, 0.2) is 36.1 Å². The maximum atomic E-state index is 10.3. The van der Waals surface area contributed by atoms with E-state index in [4.69, 9.17) is 5.11 Å². The average molecular weight is 236 g/mol. The van der Waals surface area contributed by atoms with E-state index in [1.807, 2.05) is 6.08 Å². The number of hydrogen-bond donors (Lipinski definition) is 1. The van der Waals surface area contributed by atoms with Crippen LogP contribution in [0.5, 0.6) is 0 Å². The van der Waals surface area contributed by atoms with Crippen LogP contribution < -0.4 is 0 Å². The number of ether oxygens (including phenoxy) is 1. The van der Waals surface area contributed by atoms with E-state index in [1.165, 1.54) is 5.57 Å². The molecular formula is C14H20O3. The molecule has 3 heteroatoms. The predicted octanol–water partition coefficient (Wildman–Crippen LogP) is 4.13. The highest BCUT2D eigenvalue weighted by Crippen LogP contribution is 2.41. The van der Waals surface area contributed by atoms with E-state index >= 15 is 0 Å². The van der Waals surface area contributed by atoms with Crippen LogP contribution in [0.1, 0.15) is 33.6 Å². The van der Waals surface area contributed by atoms with Gasteiger partial charge in [-0.15, -0.1) is 0 Å². The van der Waals surface area contributed by atoms with Crippen molar-refractivity contribution in [3.63, 3.8) is 0 Å². The van der Waals surface area contributed by atoms with Crippen molar-refractivity contribution in [2.45, 2.75) is 33.6 Å². The molecule has 0 aromatic heterocycles. The minimum Gasteiger partial charge on any atom is -0.449 e. The van der Waals surface area contributed by atoms with Crippen molar-refractivity contribution in [2.75, 3.05) is 0 Å². The van der Waals surface area contributed by atoms with Gasteiger partial charge in [0.1, 0.15) is 5.76 Å². The third kappa shape index (κ3) is 3.77. The fourth-order valence-electron chi connectivity index (χ4n) is 2.33. The molecule has 0 aliphatic heterocycles. The monoisotopic (exact) mass is 236 g/mol. The van der Waals surface area contributed by atoms with E-state index in [1.54, 1.807) is 6.08 Å². The first-order valence-electron chi connectivity index (χ1n) is 5.77. The van der Waals surface area contributed by atoms with Gasteiger partial charge in [0.25, 0.3) is 0 Å². The summed E-state index contributed by atoms with van der Waals surface area (Å²) in [4.78, 5) is 10.3. The Labute approximate surface area is 102 Å². The minimum atomic E-state index is -1.32. The topological polar surface area (TPSA) is 46.5 Å². The molecule has 0 radical (unpaired) electrons. The molecule has 0 bridgehead atoms. The molecule has 1 rings (SSSR count). The molecule has 1 N–H and O–H groups in total. The lowest BCUT2D eigenvalue weighted by molar-refractivity contribution is 0.122. The van der Waals surface area contributed by atoms with Crippen molar-refractivity contribution in [3.8, 4) is 0 Å². The quantitative estimate of drug-likeness (QED) is 0.347. The first-order valence-corrected chi connectivity index (χ1v) is 5.77. The van der Waals surface area contributed by atoms with Crippen LogP contribution >= 0.6 is 0 Å². The highest BCUT2D eigenvalue weighted by molar-refractivity contribution is 5.59. The zero-order valence-corrected chi connectivity index (χ0v) is 10.7. The van der Waals surface area contributed by atoms with Crippen LogP contribution in [0.2, 0.25) is 0 Å². The van der Waals surface area contributed by atoms with Gasteiger partial charge in [0, 0.05) is 5.92 Å². The summed E-state index contributed by atoms with van der Waals surface area (Å²) in [5.74, 6) is 0.470. The Kier molecular flexibility index (Phi) is 4.16. The molecule has 0 aromatic rings. The van der Waals surface area contributed by atoms with Gasteiger partial charge in [-0.3, -0.25) is 0 Å². The number of rotatable bonds is 3. The van der Waals surface area contributed by atoms with Gasteiger partial charge in [-0.1, -0.05) is 38.2 Å². The molecule has 0 aromatic carbocycles. The summed E-state index contributed by atoms with van der Waals surface area (Å²) in [5.41, 5.74) is 1.51. The van der Waals surface area contributed by atoms with Crippen molar-refractivity contribution < 1.29 is 14.6 Å². The molecule has 1 atom stereocenters. The van der Waals surface area contributed by atoms with E-state index in [0.717, 1.165) is 12.8 Å². The summed E-state index contributed by atoms with van der Waals surface area (Å²) in [6.07, 6.45) is 6.77. The number of allylic oxidation sites excluding steroid dienone is 4. The number of hydrogen-bond acceptors (Lipinski definition) is 2. The van der Waals surface area contributed by atoms with Gasteiger partial charge < -0.3 is 9.84 Å². The van der Waals surface area contributed by atoms with E-state index in [-0.39, 0.29) is 11.2 Å². The molecule has 3 nitrogen and oxygen atoms in total. The summed E-state index contributed by atoms with van der Waals surface area (Å²) in [7, 11) is 0. The van der Waals surface area contributed by atoms with Crippen LogP contribution in [0, 0.1) is 11.3 Å². The second kappa shape index (κ2) is 5.21. The SMILES string of the molecule is C=C(/C=C/[C@@H]1C(C)=CCCC1(C)C)OC(=O)O. The molecule has 1 aliphatic rings. The highest BCUT2D eigenvalue weighted by atomic mass is 16.7. The Morgan fingerprint density at radius 3 is 2.82 bits per heavy atom. The second-order valence-electron chi connectivity index (χ2n) is 5.15. The predicted molar refractivity (Wildman–Crippen MR) is 67.7 cm³/mol. The molecule has 94 valence electrons. The fraction of sp³-hybridized carbons (Fsp3) is 0.500. The summed E-state index contributed by atoms with van der Waals surface area (Å²) in [5, 5.41) is 8.45. The summed E-state index contributed by atoms with van der Waals surface area (Å²) >= 11 is 0. The molecule has 0 unspecified atom stereocenters. The lowest BCUT2D eigenvalue weighted by Crippen LogP contribution is -2.26. The lowest BCUT2D eigenvalue weighted by Gasteiger charge is -2.36. The van der Waals surface area contributed by atoms with E-state index in [2.05, 4.69) is 38.2 Å². The van der Waals surface area contributed by atoms with Crippen LogP contribution in [0.3, 0.4) is 0 Å². The minimum absolute atomic E-state index is 0.159. The lowest BCUT2D eigenvalue weighted by atomic mass is 9.68. The van der Waals surface area contributed by atoms with Crippen LogP contribution in [-0.2, 0) is 4.74 Å². The number of carboxylic acid groups (broad SMARTS) is 1. The average Bonchev–Trinajstić information content (AvgIpc) is 2.14. The maximum Gasteiger partial charge on any atom is 0.511 e. The number of carbonyl (C=O) groups is 1. The van der Waals surface area contributed by atoms with Crippen LogP contribution in [0.25, 0.3) is 0 Å². The Hall–Kier alpha value is -1.51. The third-order valence-electron chi connectivity index (χ3n) is 3.28. The Bertz CT molecular complexity index is 375. The summed E-state index contributed by atoms with van der Waals surface area (Å²) in [6.45, 7) is 10.1. The first kappa shape index (κ1) is 13.6. The molecule has 0 saturated carbocycles. The van der Waals surface area contributed by atoms with Gasteiger partial charge in [-0.25, -0.2) is 4.79 Å². The summed E-state index contributed by atoms with van der Waals surface area (Å²) < 4.78 is 4.46. The Morgan fingerprint density at radius 2 is 2.29 bits per heavy atom. The van der Waals surface area contributed by atoms with Crippen molar-refractivity contribution in [3.05, 3.63) is 36.1 Å². The zero-order valence-electron chi connectivity index (χ0n) is 10.7. The highest BCUT2D eigenvalue weighted by Gasteiger charge is 2.30. The summed E-state index contributed by atoms with van der Waals surface area (Å²) in [6, 6.07) is 0. The van der Waals surface area contributed by atoms with Crippen LogP contribution in [0.4, 0.5) is 4.79 Å². The molecule has 0 amide bonds. The molecular weight excluding hydrogens is 216 g/mol. The largest absolute Gasteiger partial charge is 0.511 e. The molecule has 1 aliphatic carbocycles. The Balaban J connectivity index is 2.75. The Morgan fingerprint density at radius 1 is 1.65 bits per heavy atom. The van der Waals surface area contributed by atoms with Gasteiger partial charge in [0.05, 0.1) is 0 Å². The van der Waals surface area contributed by atoms with E-state index in [9.17, 15) is 4.79 Å². The normalized spacial score (nSPS) is 23.2. The molecule has 0 spiro atoms. The molecule has 0 fully saturated rings. The van der Waals surface area contributed by atoms with Gasteiger partial charge >= 0.3 is 6.16 Å².